The van der Waals surface area contributed by atoms with E-state index < -0.39 is 0 Å². The SMILES string of the molecule is Cn1ccnc1C1CCCCN1. The molecule has 0 aromatic carbocycles. The number of imidazole rings is 1. The number of rotatable bonds is 1. The predicted octanol–water partition coefficient (Wildman–Crippen LogP) is 1.23. The monoisotopic (exact) mass is 165 g/mol. The molecule has 66 valence electrons. The predicted molar refractivity (Wildman–Crippen MR) is 47.8 cm³/mol. The van der Waals surface area contributed by atoms with E-state index in [4.69, 9.17) is 0 Å². The maximum atomic E-state index is 4.34. The first kappa shape index (κ1) is 7.80. The van der Waals surface area contributed by atoms with Gasteiger partial charge in [0.15, 0.2) is 0 Å². The van der Waals surface area contributed by atoms with Crippen LogP contribution in [0.1, 0.15) is 31.1 Å². The van der Waals surface area contributed by atoms with Gasteiger partial charge in [-0.1, -0.05) is 6.42 Å². The quantitative estimate of drug-likeness (QED) is 0.678. The fraction of sp³-hybridized carbons (Fsp3) is 0.667. The van der Waals surface area contributed by atoms with E-state index in [9.17, 15) is 0 Å². The van der Waals surface area contributed by atoms with Gasteiger partial charge < -0.3 is 9.88 Å². The molecular formula is C9H15N3. The Morgan fingerprint density at radius 1 is 1.58 bits per heavy atom. The van der Waals surface area contributed by atoms with Crippen molar-refractivity contribution < 1.29 is 0 Å². The Hall–Kier alpha value is -0.830. The number of aromatic nitrogens is 2. The van der Waals surface area contributed by atoms with Crippen LogP contribution in [0.15, 0.2) is 12.4 Å². The van der Waals surface area contributed by atoms with E-state index in [0.717, 1.165) is 6.54 Å². The fourth-order valence-corrected chi connectivity index (χ4v) is 1.79. The van der Waals surface area contributed by atoms with Gasteiger partial charge in [0.05, 0.1) is 6.04 Å². The summed E-state index contributed by atoms with van der Waals surface area (Å²) in [4.78, 5) is 4.34. The Labute approximate surface area is 72.8 Å². The van der Waals surface area contributed by atoms with Gasteiger partial charge in [0.1, 0.15) is 5.82 Å². The molecule has 1 saturated heterocycles. The van der Waals surface area contributed by atoms with Crippen molar-refractivity contribution in [2.75, 3.05) is 6.54 Å². The summed E-state index contributed by atoms with van der Waals surface area (Å²) >= 11 is 0. The van der Waals surface area contributed by atoms with E-state index in [-0.39, 0.29) is 0 Å². The van der Waals surface area contributed by atoms with Gasteiger partial charge in [-0.05, 0) is 19.4 Å². The van der Waals surface area contributed by atoms with Crippen LogP contribution >= 0.6 is 0 Å². The third-order valence-corrected chi connectivity index (χ3v) is 2.48. The standard InChI is InChI=1S/C9H15N3/c1-12-7-6-11-9(12)8-4-2-3-5-10-8/h6-8,10H,2-5H2,1H3. The zero-order valence-electron chi connectivity index (χ0n) is 7.45. The molecule has 0 aliphatic carbocycles. The minimum atomic E-state index is 0.485. The highest BCUT2D eigenvalue weighted by atomic mass is 15.1. The van der Waals surface area contributed by atoms with Crippen molar-refractivity contribution in [2.45, 2.75) is 25.3 Å². The van der Waals surface area contributed by atoms with Gasteiger partial charge in [-0.25, -0.2) is 4.98 Å². The Kier molecular flexibility index (Phi) is 2.13. The van der Waals surface area contributed by atoms with Crippen molar-refractivity contribution in [1.82, 2.24) is 14.9 Å². The molecule has 1 unspecified atom stereocenters. The summed E-state index contributed by atoms with van der Waals surface area (Å²) in [6.07, 6.45) is 7.73. The lowest BCUT2D eigenvalue weighted by Gasteiger charge is -2.22. The summed E-state index contributed by atoms with van der Waals surface area (Å²) < 4.78 is 2.10. The van der Waals surface area contributed by atoms with Crippen LogP contribution in [0.2, 0.25) is 0 Å². The molecule has 0 bridgehead atoms. The summed E-state index contributed by atoms with van der Waals surface area (Å²) in [5, 5.41) is 3.48. The van der Waals surface area contributed by atoms with Gasteiger partial charge in [0.25, 0.3) is 0 Å². The van der Waals surface area contributed by atoms with Crippen LogP contribution in [-0.4, -0.2) is 16.1 Å². The van der Waals surface area contributed by atoms with Gasteiger partial charge in [-0.15, -0.1) is 0 Å². The van der Waals surface area contributed by atoms with Crippen LogP contribution in [-0.2, 0) is 7.05 Å². The molecule has 3 heteroatoms. The Morgan fingerprint density at radius 2 is 2.50 bits per heavy atom. The molecule has 0 saturated carbocycles. The minimum Gasteiger partial charge on any atom is -0.337 e. The summed E-state index contributed by atoms with van der Waals surface area (Å²) in [6.45, 7) is 1.14. The number of nitrogens with one attached hydrogen (secondary N) is 1. The summed E-state index contributed by atoms with van der Waals surface area (Å²) in [5.74, 6) is 1.18. The Balaban J connectivity index is 2.13. The number of hydrogen-bond acceptors (Lipinski definition) is 2. The molecule has 0 radical (unpaired) electrons. The van der Waals surface area contributed by atoms with Crippen molar-refractivity contribution in [3.8, 4) is 0 Å². The van der Waals surface area contributed by atoms with Crippen molar-refractivity contribution in [2.24, 2.45) is 7.05 Å². The molecule has 3 nitrogen and oxygen atoms in total. The number of nitrogens with zero attached hydrogens (tertiary/aromatic N) is 2. The van der Waals surface area contributed by atoms with Crippen LogP contribution in [0, 0.1) is 0 Å². The fourth-order valence-electron chi connectivity index (χ4n) is 1.79. The van der Waals surface area contributed by atoms with E-state index in [2.05, 4.69) is 21.9 Å². The average Bonchev–Trinajstić information content (AvgIpc) is 2.53. The van der Waals surface area contributed by atoms with Gasteiger partial charge in [0.2, 0.25) is 0 Å². The maximum Gasteiger partial charge on any atom is 0.125 e. The Bertz CT molecular complexity index is 248. The van der Waals surface area contributed by atoms with Crippen molar-refractivity contribution in [1.29, 1.82) is 0 Å². The van der Waals surface area contributed by atoms with Crippen molar-refractivity contribution in [3.63, 3.8) is 0 Å². The van der Waals surface area contributed by atoms with Crippen LogP contribution in [0.25, 0.3) is 0 Å². The summed E-state index contributed by atoms with van der Waals surface area (Å²) in [5.41, 5.74) is 0. The van der Waals surface area contributed by atoms with E-state index in [1.54, 1.807) is 0 Å². The average molecular weight is 165 g/mol. The number of piperidine rings is 1. The molecule has 1 aromatic heterocycles. The summed E-state index contributed by atoms with van der Waals surface area (Å²) in [7, 11) is 2.05. The number of hydrogen-bond donors (Lipinski definition) is 1. The highest BCUT2D eigenvalue weighted by Gasteiger charge is 2.17. The molecule has 1 aliphatic heterocycles. The Morgan fingerprint density at radius 3 is 3.08 bits per heavy atom. The largest absolute Gasteiger partial charge is 0.337 e. The van der Waals surface area contributed by atoms with Crippen LogP contribution < -0.4 is 5.32 Å². The van der Waals surface area contributed by atoms with E-state index in [1.807, 2.05) is 12.4 Å². The third kappa shape index (κ3) is 1.37. The first-order valence-corrected chi connectivity index (χ1v) is 4.58. The highest BCUT2D eigenvalue weighted by molar-refractivity contribution is 4.99. The first-order chi connectivity index (χ1) is 5.88. The lowest BCUT2D eigenvalue weighted by Crippen LogP contribution is -2.28. The highest BCUT2D eigenvalue weighted by Crippen LogP contribution is 2.20. The smallest absolute Gasteiger partial charge is 0.125 e. The van der Waals surface area contributed by atoms with E-state index in [1.165, 1.54) is 25.1 Å². The van der Waals surface area contributed by atoms with Crippen molar-refractivity contribution in [3.05, 3.63) is 18.2 Å². The van der Waals surface area contributed by atoms with Gasteiger partial charge >= 0.3 is 0 Å². The molecule has 0 amide bonds. The zero-order valence-corrected chi connectivity index (χ0v) is 7.45. The van der Waals surface area contributed by atoms with Gasteiger partial charge in [-0.3, -0.25) is 0 Å². The molecule has 1 fully saturated rings. The van der Waals surface area contributed by atoms with Crippen LogP contribution in [0.4, 0.5) is 0 Å². The second-order valence-electron chi connectivity index (χ2n) is 3.40. The molecule has 1 N–H and O–H groups in total. The topological polar surface area (TPSA) is 29.9 Å². The van der Waals surface area contributed by atoms with Crippen LogP contribution in [0.3, 0.4) is 0 Å². The molecule has 1 aliphatic rings. The molecule has 0 spiro atoms. The molecule has 12 heavy (non-hydrogen) atoms. The normalized spacial score (nSPS) is 24.2. The molecule has 2 rings (SSSR count). The molecule has 1 aromatic rings. The lowest BCUT2D eigenvalue weighted by atomic mass is 10.0. The van der Waals surface area contributed by atoms with Gasteiger partial charge in [0, 0.05) is 19.4 Å². The zero-order chi connectivity index (χ0) is 8.39. The third-order valence-electron chi connectivity index (χ3n) is 2.48. The van der Waals surface area contributed by atoms with Crippen molar-refractivity contribution >= 4 is 0 Å². The number of aryl methyl sites for hydroxylation is 1. The molecule has 1 atom stereocenters. The minimum absolute atomic E-state index is 0.485. The van der Waals surface area contributed by atoms with Crippen LogP contribution in [0.5, 0.6) is 0 Å². The molecular weight excluding hydrogens is 150 g/mol. The molecule has 2 heterocycles. The van der Waals surface area contributed by atoms with E-state index in [0.29, 0.717) is 6.04 Å². The second kappa shape index (κ2) is 3.27. The first-order valence-electron chi connectivity index (χ1n) is 4.58. The maximum absolute atomic E-state index is 4.34. The van der Waals surface area contributed by atoms with E-state index >= 15 is 0 Å². The lowest BCUT2D eigenvalue weighted by molar-refractivity contribution is 0.390. The second-order valence-corrected chi connectivity index (χ2v) is 3.40. The summed E-state index contributed by atoms with van der Waals surface area (Å²) in [6, 6.07) is 0.485. The van der Waals surface area contributed by atoms with Gasteiger partial charge in [-0.2, -0.15) is 0 Å².